The number of amides is 1. The third-order valence-corrected chi connectivity index (χ3v) is 2.77. The maximum absolute atomic E-state index is 11.6. The van der Waals surface area contributed by atoms with Crippen molar-refractivity contribution in [2.75, 3.05) is 13.1 Å². The fraction of sp³-hybridized carbons (Fsp3) is 0.417. The fourth-order valence-corrected chi connectivity index (χ4v) is 1.75. The van der Waals surface area contributed by atoms with Crippen LogP contribution < -0.4 is 0 Å². The van der Waals surface area contributed by atoms with Crippen molar-refractivity contribution in [2.24, 2.45) is 0 Å². The zero-order valence-corrected chi connectivity index (χ0v) is 8.91. The van der Waals surface area contributed by atoms with E-state index in [2.05, 4.69) is 0 Å². The van der Waals surface area contributed by atoms with Crippen LogP contribution in [-0.4, -0.2) is 40.2 Å². The van der Waals surface area contributed by atoms with Crippen molar-refractivity contribution in [1.82, 2.24) is 4.90 Å². The number of aliphatic hydroxyl groups is 2. The monoisotopic (exact) mass is 221 g/mol. The van der Waals surface area contributed by atoms with Crippen molar-refractivity contribution in [2.45, 2.75) is 18.6 Å². The van der Waals surface area contributed by atoms with Gasteiger partial charge < -0.3 is 15.1 Å². The van der Waals surface area contributed by atoms with Crippen molar-refractivity contribution < 1.29 is 15.0 Å². The molecule has 86 valence electrons. The van der Waals surface area contributed by atoms with Crippen molar-refractivity contribution in [3.63, 3.8) is 0 Å². The summed E-state index contributed by atoms with van der Waals surface area (Å²) in [6.07, 6.45) is -1.07. The molecule has 1 saturated heterocycles. The Balaban J connectivity index is 1.88. The fourth-order valence-electron chi connectivity index (χ4n) is 1.75. The Kier molecular flexibility index (Phi) is 3.22. The summed E-state index contributed by atoms with van der Waals surface area (Å²) in [5.41, 5.74) is 0.747. The van der Waals surface area contributed by atoms with Gasteiger partial charge in [-0.1, -0.05) is 30.3 Å². The number of benzene rings is 1. The lowest BCUT2D eigenvalue weighted by Gasteiger charge is -2.36. The zero-order valence-electron chi connectivity index (χ0n) is 8.91. The maximum Gasteiger partial charge on any atom is 0.225 e. The van der Waals surface area contributed by atoms with Crippen LogP contribution in [0.15, 0.2) is 30.3 Å². The third-order valence-electron chi connectivity index (χ3n) is 2.77. The Hall–Kier alpha value is -1.39. The van der Waals surface area contributed by atoms with E-state index in [1.165, 1.54) is 0 Å². The normalized spacial score (nSPS) is 18.0. The van der Waals surface area contributed by atoms with Gasteiger partial charge in [0.05, 0.1) is 18.6 Å². The Morgan fingerprint density at radius 1 is 1.38 bits per heavy atom. The highest BCUT2D eigenvalue weighted by Gasteiger charge is 2.29. The predicted molar refractivity (Wildman–Crippen MR) is 58.6 cm³/mol. The van der Waals surface area contributed by atoms with Gasteiger partial charge in [-0.15, -0.1) is 0 Å². The van der Waals surface area contributed by atoms with Gasteiger partial charge in [-0.25, -0.2) is 0 Å². The summed E-state index contributed by atoms with van der Waals surface area (Å²) in [5, 5.41) is 18.9. The molecule has 0 spiro atoms. The van der Waals surface area contributed by atoms with Gasteiger partial charge in [-0.05, 0) is 5.56 Å². The quantitative estimate of drug-likeness (QED) is 0.772. The highest BCUT2D eigenvalue weighted by Crippen LogP contribution is 2.19. The highest BCUT2D eigenvalue weighted by atomic mass is 16.3. The molecule has 1 amide bonds. The van der Waals surface area contributed by atoms with Crippen LogP contribution in [0.2, 0.25) is 0 Å². The molecule has 0 aromatic heterocycles. The van der Waals surface area contributed by atoms with E-state index >= 15 is 0 Å². The minimum absolute atomic E-state index is 0.0801. The maximum atomic E-state index is 11.6. The summed E-state index contributed by atoms with van der Waals surface area (Å²) in [6.45, 7) is 0.778. The molecular weight excluding hydrogens is 206 g/mol. The van der Waals surface area contributed by atoms with E-state index in [1.54, 1.807) is 17.0 Å². The molecule has 1 aliphatic rings. The molecule has 2 N–H and O–H groups in total. The first-order valence-electron chi connectivity index (χ1n) is 5.35. The van der Waals surface area contributed by atoms with Crippen molar-refractivity contribution in [3.05, 3.63) is 35.9 Å². The number of nitrogens with zero attached hydrogens (tertiary/aromatic N) is 1. The third kappa shape index (κ3) is 2.40. The number of aliphatic hydroxyl groups excluding tert-OH is 2. The molecule has 1 fully saturated rings. The minimum atomic E-state index is -0.758. The van der Waals surface area contributed by atoms with Gasteiger partial charge in [0.25, 0.3) is 0 Å². The Bertz CT molecular complexity index is 360. The van der Waals surface area contributed by atoms with Gasteiger partial charge >= 0.3 is 0 Å². The largest absolute Gasteiger partial charge is 0.389 e. The molecule has 1 atom stereocenters. The molecule has 0 saturated carbocycles. The van der Waals surface area contributed by atoms with Crippen LogP contribution in [-0.2, 0) is 4.79 Å². The zero-order chi connectivity index (χ0) is 11.5. The minimum Gasteiger partial charge on any atom is -0.389 e. The molecular formula is C12H15NO3. The first-order valence-corrected chi connectivity index (χ1v) is 5.35. The van der Waals surface area contributed by atoms with E-state index in [1.807, 2.05) is 18.2 Å². The van der Waals surface area contributed by atoms with Gasteiger partial charge in [0.1, 0.15) is 0 Å². The lowest BCUT2D eigenvalue weighted by molar-refractivity contribution is -0.143. The smallest absolute Gasteiger partial charge is 0.225 e. The van der Waals surface area contributed by atoms with E-state index in [0.29, 0.717) is 13.1 Å². The average Bonchev–Trinajstić information content (AvgIpc) is 2.26. The van der Waals surface area contributed by atoms with Gasteiger partial charge in [-0.3, -0.25) is 4.79 Å². The van der Waals surface area contributed by atoms with E-state index < -0.39 is 12.2 Å². The molecule has 4 heteroatoms. The molecule has 16 heavy (non-hydrogen) atoms. The van der Waals surface area contributed by atoms with E-state index in [4.69, 9.17) is 5.11 Å². The van der Waals surface area contributed by atoms with Crippen LogP contribution in [0.1, 0.15) is 18.1 Å². The molecule has 1 aromatic carbocycles. The summed E-state index contributed by atoms with van der Waals surface area (Å²) >= 11 is 0. The summed E-state index contributed by atoms with van der Waals surface area (Å²) in [4.78, 5) is 13.2. The molecule has 1 aliphatic heterocycles. The number of β-amino-alcohol motifs (C(OH)–C–C–N with tert-alkyl or cyclic N) is 1. The van der Waals surface area contributed by atoms with Crippen molar-refractivity contribution in [3.8, 4) is 0 Å². The van der Waals surface area contributed by atoms with E-state index in [9.17, 15) is 9.90 Å². The molecule has 1 aromatic rings. The van der Waals surface area contributed by atoms with Crippen LogP contribution in [0.3, 0.4) is 0 Å². The summed E-state index contributed by atoms with van der Waals surface area (Å²) in [7, 11) is 0. The molecule has 2 rings (SSSR count). The molecule has 0 aliphatic carbocycles. The van der Waals surface area contributed by atoms with Crippen LogP contribution >= 0.6 is 0 Å². The van der Waals surface area contributed by atoms with Crippen molar-refractivity contribution >= 4 is 5.91 Å². The second kappa shape index (κ2) is 4.63. The molecule has 4 nitrogen and oxygen atoms in total. The Morgan fingerprint density at radius 2 is 2.00 bits per heavy atom. The van der Waals surface area contributed by atoms with Gasteiger partial charge in [0.2, 0.25) is 5.91 Å². The number of hydrogen-bond acceptors (Lipinski definition) is 3. The lowest BCUT2D eigenvalue weighted by atomic mass is 10.0. The van der Waals surface area contributed by atoms with Crippen LogP contribution in [0.25, 0.3) is 0 Å². The SMILES string of the molecule is O=C(CC(O)c1ccccc1)N1CC(O)C1. The highest BCUT2D eigenvalue weighted by molar-refractivity contribution is 5.77. The molecule has 0 radical (unpaired) electrons. The van der Waals surface area contributed by atoms with Crippen LogP contribution in [0.5, 0.6) is 0 Å². The van der Waals surface area contributed by atoms with Gasteiger partial charge in [0, 0.05) is 13.1 Å². The molecule has 1 unspecified atom stereocenters. The van der Waals surface area contributed by atoms with Gasteiger partial charge in [0.15, 0.2) is 0 Å². The number of rotatable bonds is 3. The number of carbonyl (C=O) groups excluding carboxylic acids is 1. The summed E-state index contributed by atoms with van der Waals surface area (Å²) in [6, 6.07) is 9.11. The Morgan fingerprint density at radius 3 is 2.56 bits per heavy atom. The molecule has 0 bridgehead atoms. The Labute approximate surface area is 94.1 Å². The first-order chi connectivity index (χ1) is 7.66. The van der Waals surface area contributed by atoms with Gasteiger partial charge in [-0.2, -0.15) is 0 Å². The lowest BCUT2D eigenvalue weighted by Crippen LogP contribution is -2.53. The molecule has 1 heterocycles. The number of carbonyl (C=O) groups is 1. The van der Waals surface area contributed by atoms with Crippen molar-refractivity contribution in [1.29, 1.82) is 0 Å². The van der Waals surface area contributed by atoms with E-state index in [0.717, 1.165) is 5.56 Å². The van der Waals surface area contributed by atoms with Crippen LogP contribution in [0.4, 0.5) is 0 Å². The van der Waals surface area contributed by atoms with Crippen LogP contribution in [0, 0.1) is 0 Å². The first kappa shape index (κ1) is 11.1. The average molecular weight is 221 g/mol. The standard InChI is InChI=1S/C12H15NO3/c14-10-7-13(8-10)12(16)6-11(15)9-4-2-1-3-5-9/h1-5,10-11,14-15H,6-8H2. The second-order valence-corrected chi connectivity index (χ2v) is 4.08. The number of hydrogen-bond donors (Lipinski definition) is 2. The summed E-state index contributed by atoms with van der Waals surface area (Å²) in [5.74, 6) is -0.110. The second-order valence-electron chi connectivity index (χ2n) is 4.08. The van der Waals surface area contributed by atoms with E-state index in [-0.39, 0.29) is 12.3 Å². The summed E-state index contributed by atoms with van der Waals surface area (Å²) < 4.78 is 0. The predicted octanol–water partition coefficient (Wildman–Crippen LogP) is 0.313. The topological polar surface area (TPSA) is 60.8 Å². The number of likely N-dealkylation sites (tertiary alicyclic amines) is 1.